The summed E-state index contributed by atoms with van der Waals surface area (Å²) in [6, 6.07) is 4.31. The van der Waals surface area contributed by atoms with Crippen LogP contribution in [0.3, 0.4) is 0 Å². The van der Waals surface area contributed by atoms with Gasteiger partial charge in [0.1, 0.15) is 12.1 Å². The molecule has 0 aromatic carbocycles. The minimum atomic E-state index is 0.282. The maximum atomic E-state index is 12.6. The van der Waals surface area contributed by atoms with Crippen molar-refractivity contribution in [2.24, 2.45) is 0 Å². The number of carbonyl (C=O) groups excluding carboxylic acids is 1. The molecule has 25 heavy (non-hydrogen) atoms. The van der Waals surface area contributed by atoms with E-state index in [0.29, 0.717) is 12.6 Å². The van der Waals surface area contributed by atoms with Gasteiger partial charge in [-0.25, -0.2) is 0 Å². The first kappa shape index (κ1) is 16.3. The summed E-state index contributed by atoms with van der Waals surface area (Å²) in [6.45, 7) is 7.15. The number of fused-ring (bicyclic) bond motifs is 1. The van der Waals surface area contributed by atoms with E-state index in [9.17, 15) is 4.79 Å². The average molecular weight is 343 g/mol. The highest BCUT2D eigenvalue weighted by Crippen LogP contribution is 2.18. The van der Waals surface area contributed by atoms with Gasteiger partial charge in [-0.15, -0.1) is 15.3 Å². The number of aromatic nitrogens is 4. The number of piperazine rings is 1. The van der Waals surface area contributed by atoms with E-state index in [4.69, 9.17) is 0 Å². The molecule has 0 radical (unpaired) electrons. The molecule has 2 saturated heterocycles. The first-order chi connectivity index (χ1) is 12.2. The van der Waals surface area contributed by atoms with Crippen LogP contribution in [0.1, 0.15) is 26.2 Å². The van der Waals surface area contributed by atoms with Gasteiger partial charge in [-0.2, -0.15) is 4.52 Å². The second kappa shape index (κ2) is 6.95. The molecule has 0 spiro atoms. The number of nitrogens with zero attached hydrogens (tertiary/aromatic N) is 7. The van der Waals surface area contributed by atoms with Gasteiger partial charge in [0.05, 0.1) is 6.54 Å². The average Bonchev–Trinajstić information content (AvgIpc) is 3.10. The SMILES string of the molecule is C[C@@H]1CCCCN1C(=O)CN1CCN(c2ccc3nncn3n2)CC1. The van der Waals surface area contributed by atoms with Crippen molar-refractivity contribution < 1.29 is 4.79 Å². The number of piperidine rings is 1. The van der Waals surface area contributed by atoms with Crippen molar-refractivity contribution >= 4 is 17.4 Å². The van der Waals surface area contributed by atoms with E-state index in [2.05, 4.69) is 36.9 Å². The van der Waals surface area contributed by atoms with Crippen molar-refractivity contribution in [3.8, 4) is 0 Å². The molecule has 0 unspecified atom stereocenters. The lowest BCUT2D eigenvalue weighted by atomic mass is 10.0. The standard InChI is InChI=1S/C17H25N7O/c1-14-4-2-3-7-23(14)17(25)12-21-8-10-22(11-9-21)16-6-5-15-19-18-13-24(15)20-16/h5-6,13-14H,2-4,7-12H2,1H3/t14-/m1/s1. The fraction of sp³-hybridized carbons (Fsp3) is 0.647. The highest BCUT2D eigenvalue weighted by Gasteiger charge is 2.26. The summed E-state index contributed by atoms with van der Waals surface area (Å²) in [7, 11) is 0. The number of hydrogen-bond donors (Lipinski definition) is 0. The zero-order chi connectivity index (χ0) is 17.2. The molecule has 4 heterocycles. The first-order valence-corrected chi connectivity index (χ1v) is 9.14. The van der Waals surface area contributed by atoms with Crippen LogP contribution >= 0.6 is 0 Å². The monoisotopic (exact) mass is 343 g/mol. The summed E-state index contributed by atoms with van der Waals surface area (Å²) in [5.74, 6) is 1.22. The second-order valence-corrected chi connectivity index (χ2v) is 7.02. The van der Waals surface area contributed by atoms with Crippen LogP contribution in [0.25, 0.3) is 5.65 Å². The summed E-state index contributed by atoms with van der Waals surface area (Å²) in [6.07, 6.45) is 5.14. The lowest BCUT2D eigenvalue weighted by molar-refractivity contribution is -0.135. The van der Waals surface area contributed by atoms with Crippen LogP contribution in [0, 0.1) is 0 Å². The Morgan fingerprint density at radius 3 is 2.80 bits per heavy atom. The summed E-state index contributed by atoms with van der Waals surface area (Å²) < 4.78 is 1.70. The molecule has 8 heteroatoms. The molecule has 8 nitrogen and oxygen atoms in total. The summed E-state index contributed by atoms with van der Waals surface area (Å²) in [5.41, 5.74) is 0.753. The fourth-order valence-electron chi connectivity index (χ4n) is 3.77. The Morgan fingerprint density at radius 1 is 1.16 bits per heavy atom. The van der Waals surface area contributed by atoms with E-state index < -0.39 is 0 Å². The molecule has 2 aliphatic rings. The summed E-state index contributed by atoms with van der Waals surface area (Å²) >= 11 is 0. The molecule has 1 amide bonds. The lowest BCUT2D eigenvalue weighted by Gasteiger charge is -2.38. The van der Waals surface area contributed by atoms with Crippen molar-refractivity contribution in [3.63, 3.8) is 0 Å². The van der Waals surface area contributed by atoms with Gasteiger partial charge in [-0.05, 0) is 38.3 Å². The third-order valence-electron chi connectivity index (χ3n) is 5.33. The van der Waals surface area contributed by atoms with Crippen molar-refractivity contribution in [1.29, 1.82) is 0 Å². The van der Waals surface area contributed by atoms with Crippen LogP contribution in [0.4, 0.5) is 5.82 Å². The molecule has 4 rings (SSSR count). The number of carbonyl (C=O) groups is 1. The van der Waals surface area contributed by atoms with E-state index in [1.807, 2.05) is 12.1 Å². The second-order valence-electron chi connectivity index (χ2n) is 7.02. The van der Waals surface area contributed by atoms with Crippen LogP contribution in [0.2, 0.25) is 0 Å². The number of likely N-dealkylation sites (tertiary alicyclic amines) is 1. The Morgan fingerprint density at radius 2 is 2.00 bits per heavy atom. The quantitative estimate of drug-likeness (QED) is 0.815. The highest BCUT2D eigenvalue weighted by atomic mass is 16.2. The Bertz CT molecular complexity index is 737. The fourth-order valence-corrected chi connectivity index (χ4v) is 3.77. The number of anilines is 1. The molecule has 2 aromatic heterocycles. The van der Waals surface area contributed by atoms with E-state index in [-0.39, 0.29) is 5.91 Å². The molecule has 134 valence electrons. The van der Waals surface area contributed by atoms with E-state index in [1.165, 1.54) is 6.42 Å². The maximum Gasteiger partial charge on any atom is 0.236 e. The lowest BCUT2D eigenvalue weighted by Crippen LogP contribution is -2.52. The minimum absolute atomic E-state index is 0.282. The van der Waals surface area contributed by atoms with Crippen LogP contribution in [0.15, 0.2) is 18.5 Å². The molecule has 0 aliphatic carbocycles. The smallest absolute Gasteiger partial charge is 0.236 e. The van der Waals surface area contributed by atoms with Gasteiger partial charge in [0.25, 0.3) is 0 Å². The van der Waals surface area contributed by atoms with E-state index in [1.54, 1.807) is 10.8 Å². The maximum absolute atomic E-state index is 12.6. The van der Waals surface area contributed by atoms with Gasteiger partial charge >= 0.3 is 0 Å². The summed E-state index contributed by atoms with van der Waals surface area (Å²) in [5, 5.41) is 12.4. The van der Waals surface area contributed by atoms with Gasteiger partial charge in [-0.1, -0.05) is 0 Å². The van der Waals surface area contributed by atoms with Crippen molar-refractivity contribution in [3.05, 3.63) is 18.5 Å². The number of amides is 1. The summed E-state index contributed by atoms with van der Waals surface area (Å²) in [4.78, 5) is 19.2. The highest BCUT2D eigenvalue weighted by molar-refractivity contribution is 5.78. The van der Waals surface area contributed by atoms with Gasteiger partial charge in [0.15, 0.2) is 5.65 Å². The Balaban J connectivity index is 1.32. The van der Waals surface area contributed by atoms with Crippen molar-refractivity contribution in [2.45, 2.75) is 32.2 Å². The Kier molecular flexibility index (Phi) is 4.52. The normalized spacial score (nSPS) is 22.5. The zero-order valence-electron chi connectivity index (χ0n) is 14.7. The van der Waals surface area contributed by atoms with Crippen LogP contribution < -0.4 is 4.90 Å². The topological polar surface area (TPSA) is 69.9 Å². The largest absolute Gasteiger partial charge is 0.353 e. The predicted octanol–water partition coefficient (Wildman–Crippen LogP) is 0.647. The van der Waals surface area contributed by atoms with Crippen LogP contribution in [0.5, 0.6) is 0 Å². The third-order valence-corrected chi connectivity index (χ3v) is 5.33. The molecule has 0 bridgehead atoms. The van der Waals surface area contributed by atoms with Crippen molar-refractivity contribution in [1.82, 2.24) is 29.6 Å². The molecule has 2 aliphatic heterocycles. The van der Waals surface area contributed by atoms with Crippen LogP contribution in [-0.4, -0.2) is 80.8 Å². The minimum Gasteiger partial charge on any atom is -0.353 e. The molecule has 2 fully saturated rings. The molecular formula is C17H25N7O. The van der Waals surface area contributed by atoms with Crippen LogP contribution in [-0.2, 0) is 4.79 Å². The number of hydrogen-bond acceptors (Lipinski definition) is 6. The Hall–Kier alpha value is -2.22. The molecule has 0 N–H and O–H groups in total. The van der Waals surface area contributed by atoms with Gasteiger partial charge < -0.3 is 9.80 Å². The first-order valence-electron chi connectivity index (χ1n) is 9.14. The van der Waals surface area contributed by atoms with Gasteiger partial charge in [0, 0.05) is 38.8 Å². The van der Waals surface area contributed by atoms with E-state index in [0.717, 1.165) is 57.0 Å². The Labute approximate surface area is 147 Å². The third kappa shape index (κ3) is 3.44. The number of rotatable bonds is 3. The van der Waals surface area contributed by atoms with Gasteiger partial charge in [0.2, 0.25) is 5.91 Å². The molecule has 1 atom stereocenters. The van der Waals surface area contributed by atoms with Gasteiger partial charge in [-0.3, -0.25) is 9.69 Å². The molecule has 2 aromatic rings. The predicted molar refractivity (Wildman–Crippen MR) is 94.5 cm³/mol. The van der Waals surface area contributed by atoms with E-state index >= 15 is 0 Å². The van der Waals surface area contributed by atoms with Crippen molar-refractivity contribution in [2.75, 3.05) is 44.2 Å². The molecule has 0 saturated carbocycles. The zero-order valence-corrected chi connectivity index (χ0v) is 14.7. The molecular weight excluding hydrogens is 318 g/mol.